The Kier molecular flexibility index (Phi) is 65.1. The van der Waals surface area contributed by atoms with Crippen LogP contribution in [-0.2, 0) is 28.6 Å². The molecular weight excluding hydrogens is 973 g/mol. The minimum absolute atomic E-state index is 0.0795. The molecule has 0 aromatic carbocycles. The van der Waals surface area contributed by atoms with Gasteiger partial charge >= 0.3 is 17.9 Å². The van der Waals surface area contributed by atoms with Gasteiger partial charge in [-0.25, -0.2) is 0 Å². The van der Waals surface area contributed by atoms with Crippen LogP contribution in [0.25, 0.3) is 0 Å². The lowest BCUT2D eigenvalue weighted by Crippen LogP contribution is -2.30. The van der Waals surface area contributed by atoms with Gasteiger partial charge < -0.3 is 14.2 Å². The van der Waals surface area contributed by atoms with Crippen LogP contribution in [0.15, 0.2) is 60.8 Å². The largest absolute Gasteiger partial charge is 0.462 e. The summed E-state index contributed by atoms with van der Waals surface area (Å²) < 4.78 is 16.9. The van der Waals surface area contributed by atoms with E-state index in [1.165, 1.54) is 225 Å². The minimum atomic E-state index is -0.785. The second-order valence-corrected chi connectivity index (χ2v) is 23.4. The molecule has 0 N–H and O–H groups in total. The summed E-state index contributed by atoms with van der Waals surface area (Å²) in [5.74, 6) is -0.882. The second-order valence-electron chi connectivity index (χ2n) is 23.4. The highest BCUT2D eigenvalue weighted by Gasteiger charge is 2.19. The fourth-order valence-corrected chi connectivity index (χ4v) is 10.3. The van der Waals surface area contributed by atoms with Crippen molar-refractivity contribution in [3.05, 3.63) is 60.8 Å². The third kappa shape index (κ3) is 65.8. The SMILES string of the molecule is CC/C=C\C/C=C\C/C=C\C/C=C\CCCCCCCCC(=O)OC(COC(=O)CCCCCCC/C=C\CCCCCC)COC(=O)CCCCCCCCCCCCCCCCCCCCCCCCCCCCCCC. The van der Waals surface area contributed by atoms with Crippen molar-refractivity contribution in [2.75, 3.05) is 13.2 Å². The molecule has 0 rings (SSSR count). The van der Waals surface area contributed by atoms with Gasteiger partial charge in [-0.2, -0.15) is 0 Å². The lowest BCUT2D eigenvalue weighted by Gasteiger charge is -2.18. The molecule has 460 valence electrons. The van der Waals surface area contributed by atoms with Crippen molar-refractivity contribution in [1.82, 2.24) is 0 Å². The third-order valence-electron chi connectivity index (χ3n) is 15.5. The standard InChI is InChI=1S/C73H132O6/c1-4-7-10-13-16-19-22-25-27-29-31-32-33-34-35-36-37-38-39-40-42-43-45-48-51-54-57-60-63-66-72(75)78-69-70(68-77-71(74)65-62-59-56-53-50-47-24-21-18-15-12-9-6-3)79-73(76)67-64-61-58-55-52-49-46-44-41-30-28-26-23-20-17-14-11-8-5-2/h8,11,17,20-21,24,26,28,41,44,70H,4-7,9-10,12-16,18-19,22-23,25,27,29-40,42-43,45-69H2,1-3H3/b11-8-,20-17-,24-21-,28-26-,44-41-. The summed E-state index contributed by atoms with van der Waals surface area (Å²) in [6.07, 6.45) is 86.9. The summed E-state index contributed by atoms with van der Waals surface area (Å²) in [5.41, 5.74) is 0. The molecule has 0 aromatic rings. The van der Waals surface area contributed by atoms with Gasteiger partial charge in [-0.05, 0) is 83.5 Å². The first-order valence-corrected chi connectivity index (χ1v) is 34.8. The summed E-state index contributed by atoms with van der Waals surface area (Å²) in [6.45, 7) is 6.55. The van der Waals surface area contributed by atoms with Crippen LogP contribution in [0.3, 0.4) is 0 Å². The molecular formula is C73H132O6. The molecule has 6 nitrogen and oxygen atoms in total. The average Bonchev–Trinajstić information content (AvgIpc) is 3.45. The van der Waals surface area contributed by atoms with Crippen molar-refractivity contribution in [3.63, 3.8) is 0 Å². The van der Waals surface area contributed by atoms with E-state index in [1.807, 2.05) is 0 Å². The number of ether oxygens (including phenoxy) is 3. The van der Waals surface area contributed by atoms with E-state index in [2.05, 4.69) is 81.5 Å². The van der Waals surface area contributed by atoms with E-state index in [9.17, 15) is 14.4 Å². The Bertz CT molecular complexity index is 1410. The third-order valence-corrected chi connectivity index (χ3v) is 15.5. The fraction of sp³-hybridized carbons (Fsp3) is 0.822. The summed E-state index contributed by atoms with van der Waals surface area (Å²) in [6, 6.07) is 0. The van der Waals surface area contributed by atoms with Crippen molar-refractivity contribution in [3.8, 4) is 0 Å². The maximum atomic E-state index is 12.9. The Hall–Kier alpha value is -2.89. The fourth-order valence-electron chi connectivity index (χ4n) is 10.3. The quantitative estimate of drug-likeness (QED) is 0.0261. The normalized spacial score (nSPS) is 12.4. The molecule has 0 saturated heterocycles. The number of unbranched alkanes of at least 4 members (excludes halogenated alkanes) is 43. The summed E-state index contributed by atoms with van der Waals surface area (Å²) in [7, 11) is 0. The molecule has 79 heavy (non-hydrogen) atoms. The smallest absolute Gasteiger partial charge is 0.306 e. The molecule has 0 aliphatic heterocycles. The van der Waals surface area contributed by atoms with Crippen LogP contribution < -0.4 is 0 Å². The molecule has 6 heteroatoms. The lowest BCUT2D eigenvalue weighted by molar-refractivity contribution is -0.167. The molecule has 0 amide bonds. The predicted molar refractivity (Wildman–Crippen MR) is 344 cm³/mol. The zero-order chi connectivity index (χ0) is 57.1. The van der Waals surface area contributed by atoms with Gasteiger partial charge in [0.05, 0.1) is 0 Å². The summed E-state index contributed by atoms with van der Waals surface area (Å²) >= 11 is 0. The average molecular weight is 1110 g/mol. The second kappa shape index (κ2) is 67.6. The first kappa shape index (κ1) is 76.1. The van der Waals surface area contributed by atoms with Gasteiger partial charge in [0.15, 0.2) is 6.10 Å². The number of allylic oxidation sites excluding steroid dienone is 10. The highest BCUT2D eigenvalue weighted by atomic mass is 16.6. The Morgan fingerprint density at radius 3 is 0.797 bits per heavy atom. The van der Waals surface area contributed by atoms with E-state index in [4.69, 9.17) is 14.2 Å². The van der Waals surface area contributed by atoms with Crippen molar-refractivity contribution < 1.29 is 28.6 Å². The van der Waals surface area contributed by atoms with Crippen LogP contribution >= 0.6 is 0 Å². The van der Waals surface area contributed by atoms with Gasteiger partial charge in [0.1, 0.15) is 13.2 Å². The highest BCUT2D eigenvalue weighted by molar-refractivity contribution is 5.71. The topological polar surface area (TPSA) is 78.9 Å². The van der Waals surface area contributed by atoms with Crippen molar-refractivity contribution >= 4 is 17.9 Å². The first-order chi connectivity index (χ1) is 39.0. The Morgan fingerprint density at radius 2 is 0.494 bits per heavy atom. The van der Waals surface area contributed by atoms with Crippen LogP contribution in [-0.4, -0.2) is 37.2 Å². The zero-order valence-electron chi connectivity index (χ0n) is 52.9. The van der Waals surface area contributed by atoms with E-state index in [1.54, 1.807) is 0 Å². The maximum absolute atomic E-state index is 12.9. The van der Waals surface area contributed by atoms with Crippen molar-refractivity contribution in [1.29, 1.82) is 0 Å². The van der Waals surface area contributed by atoms with Crippen molar-refractivity contribution in [2.45, 2.75) is 374 Å². The van der Waals surface area contributed by atoms with Crippen LogP contribution in [0.5, 0.6) is 0 Å². The van der Waals surface area contributed by atoms with Crippen LogP contribution in [0.1, 0.15) is 367 Å². The van der Waals surface area contributed by atoms with E-state index >= 15 is 0 Å². The van der Waals surface area contributed by atoms with E-state index in [-0.39, 0.29) is 31.1 Å². The Morgan fingerprint density at radius 1 is 0.266 bits per heavy atom. The van der Waals surface area contributed by atoms with E-state index in [0.717, 1.165) is 103 Å². The van der Waals surface area contributed by atoms with Gasteiger partial charge in [-0.15, -0.1) is 0 Å². The molecule has 0 saturated carbocycles. The molecule has 1 unspecified atom stereocenters. The molecule has 0 heterocycles. The number of carbonyl (C=O) groups is 3. The van der Waals surface area contributed by atoms with E-state index < -0.39 is 6.10 Å². The molecule has 0 spiro atoms. The molecule has 0 aliphatic carbocycles. The van der Waals surface area contributed by atoms with Crippen molar-refractivity contribution in [2.24, 2.45) is 0 Å². The maximum Gasteiger partial charge on any atom is 0.306 e. The van der Waals surface area contributed by atoms with Gasteiger partial charge in [-0.1, -0.05) is 326 Å². The number of carbonyl (C=O) groups excluding carboxylic acids is 3. The Balaban J connectivity index is 4.21. The molecule has 0 aromatic heterocycles. The Labute approximate surface area is 491 Å². The summed E-state index contributed by atoms with van der Waals surface area (Å²) in [4.78, 5) is 38.4. The van der Waals surface area contributed by atoms with Crippen LogP contribution in [0.4, 0.5) is 0 Å². The van der Waals surface area contributed by atoms with E-state index in [0.29, 0.717) is 19.3 Å². The molecule has 0 aliphatic rings. The zero-order valence-corrected chi connectivity index (χ0v) is 52.9. The predicted octanol–water partition coefficient (Wildman–Crippen LogP) is 23.9. The molecule has 0 bridgehead atoms. The number of esters is 3. The van der Waals surface area contributed by atoms with Gasteiger partial charge in [0.2, 0.25) is 0 Å². The monoisotopic (exact) mass is 1110 g/mol. The van der Waals surface area contributed by atoms with Gasteiger partial charge in [-0.3, -0.25) is 14.4 Å². The van der Waals surface area contributed by atoms with Gasteiger partial charge in [0.25, 0.3) is 0 Å². The number of hydrogen-bond acceptors (Lipinski definition) is 6. The number of rotatable bonds is 64. The van der Waals surface area contributed by atoms with Crippen LogP contribution in [0.2, 0.25) is 0 Å². The molecule has 1 atom stereocenters. The molecule has 0 fully saturated rings. The lowest BCUT2D eigenvalue weighted by atomic mass is 10.0. The first-order valence-electron chi connectivity index (χ1n) is 34.8. The van der Waals surface area contributed by atoms with Gasteiger partial charge in [0, 0.05) is 19.3 Å². The molecule has 0 radical (unpaired) electrons. The minimum Gasteiger partial charge on any atom is -0.462 e. The van der Waals surface area contributed by atoms with Crippen LogP contribution in [0, 0.1) is 0 Å². The highest BCUT2D eigenvalue weighted by Crippen LogP contribution is 2.18. The summed E-state index contributed by atoms with van der Waals surface area (Å²) in [5, 5.41) is 0. The number of hydrogen-bond donors (Lipinski definition) is 0.